The van der Waals surface area contributed by atoms with Crippen LogP contribution in [0.3, 0.4) is 0 Å². The van der Waals surface area contributed by atoms with Crippen LogP contribution in [0.1, 0.15) is 34.7 Å². The smallest absolute Gasteiger partial charge is 0.255 e. The lowest BCUT2D eigenvalue weighted by atomic mass is 9.82. The van der Waals surface area contributed by atoms with Crippen molar-refractivity contribution in [1.29, 1.82) is 0 Å². The first-order valence-electron chi connectivity index (χ1n) is 10.9. The van der Waals surface area contributed by atoms with Gasteiger partial charge in [0.05, 0.1) is 13.7 Å². The van der Waals surface area contributed by atoms with E-state index in [0.717, 1.165) is 49.6 Å². The molecule has 31 heavy (non-hydrogen) atoms. The number of pyridine rings is 1. The zero-order valence-corrected chi connectivity index (χ0v) is 18.6. The third-order valence-electron chi connectivity index (χ3n) is 6.57. The van der Waals surface area contributed by atoms with Crippen LogP contribution in [0.15, 0.2) is 35.1 Å². The molecule has 2 aliphatic rings. The van der Waals surface area contributed by atoms with E-state index < -0.39 is 0 Å². The Balaban J connectivity index is 1.50. The molecule has 2 aliphatic heterocycles. The van der Waals surface area contributed by atoms with Crippen molar-refractivity contribution >= 4 is 5.91 Å². The van der Waals surface area contributed by atoms with Gasteiger partial charge in [-0.05, 0) is 55.6 Å². The number of nitrogens with zero attached hydrogens (tertiary/aromatic N) is 3. The number of benzene rings is 1. The number of hydrogen-bond donors (Lipinski definition) is 1. The molecule has 0 aliphatic carbocycles. The van der Waals surface area contributed by atoms with Gasteiger partial charge in [0.1, 0.15) is 5.75 Å². The Morgan fingerprint density at radius 3 is 2.68 bits per heavy atom. The molecule has 166 valence electrons. The van der Waals surface area contributed by atoms with Crippen molar-refractivity contribution in [3.63, 3.8) is 0 Å². The average Bonchev–Trinajstić information content (AvgIpc) is 2.71. The van der Waals surface area contributed by atoms with E-state index in [-0.39, 0.29) is 18.0 Å². The molecular weight excluding hydrogens is 392 g/mol. The number of rotatable bonds is 7. The van der Waals surface area contributed by atoms with Crippen molar-refractivity contribution in [3.05, 3.63) is 63.1 Å². The lowest BCUT2D eigenvalue weighted by Gasteiger charge is -2.43. The van der Waals surface area contributed by atoms with Gasteiger partial charge >= 0.3 is 0 Å². The van der Waals surface area contributed by atoms with Gasteiger partial charge < -0.3 is 15.0 Å². The second kappa shape index (κ2) is 8.85. The monoisotopic (exact) mass is 424 g/mol. The quantitative estimate of drug-likeness (QED) is 0.732. The number of methoxy groups -OCH3 is 1. The Bertz CT molecular complexity index is 1030. The van der Waals surface area contributed by atoms with Crippen molar-refractivity contribution in [1.82, 2.24) is 14.4 Å². The highest BCUT2D eigenvalue weighted by Gasteiger charge is 2.35. The van der Waals surface area contributed by atoms with Crippen LogP contribution in [0.4, 0.5) is 0 Å². The molecule has 7 nitrogen and oxygen atoms in total. The number of piperidine rings is 1. The first kappa shape index (κ1) is 21.6. The molecule has 3 heterocycles. The van der Waals surface area contributed by atoms with Gasteiger partial charge in [0, 0.05) is 49.9 Å². The molecular formula is C24H32N4O3. The predicted molar refractivity (Wildman–Crippen MR) is 120 cm³/mol. The number of aromatic nitrogens is 1. The molecule has 0 saturated carbocycles. The van der Waals surface area contributed by atoms with Crippen LogP contribution in [-0.2, 0) is 24.4 Å². The van der Waals surface area contributed by atoms with Crippen molar-refractivity contribution < 1.29 is 9.53 Å². The third-order valence-corrected chi connectivity index (χ3v) is 6.57. The number of primary amides is 1. The fraction of sp³-hybridized carbons (Fsp3) is 0.500. The van der Waals surface area contributed by atoms with E-state index in [2.05, 4.69) is 30.0 Å². The summed E-state index contributed by atoms with van der Waals surface area (Å²) in [6.45, 7) is 6.35. The Hall–Kier alpha value is -2.64. The number of carbonyl (C=O) groups is 1. The number of aryl methyl sites for hydroxylation is 1. The second-order valence-electron chi connectivity index (χ2n) is 9.12. The standard InChI is InChI=1S/C24H32N4O3/c1-16-8-21(31-3)6-4-18(16)13-27-10-17-9-20(14-27)22-7-5-19(24(30)28(22)11-17)12-26(2)15-23(25)29/h4-8,17,20H,9-15H2,1-3H3,(H2,25,29)/t17-,20+/m0/s1. The zero-order valence-electron chi connectivity index (χ0n) is 18.6. The number of likely N-dealkylation sites (tertiary alicyclic amines) is 1. The Morgan fingerprint density at radius 1 is 1.19 bits per heavy atom. The van der Waals surface area contributed by atoms with E-state index in [1.807, 2.05) is 23.7 Å². The molecule has 0 unspecified atom stereocenters. The highest BCUT2D eigenvalue weighted by molar-refractivity contribution is 5.75. The van der Waals surface area contributed by atoms with Crippen LogP contribution in [0.5, 0.6) is 5.75 Å². The average molecular weight is 425 g/mol. The number of ether oxygens (including phenoxy) is 1. The molecule has 1 amide bonds. The van der Waals surface area contributed by atoms with Gasteiger partial charge in [0.15, 0.2) is 0 Å². The van der Waals surface area contributed by atoms with Crippen molar-refractivity contribution in [2.45, 2.75) is 38.9 Å². The fourth-order valence-electron chi connectivity index (χ4n) is 5.17. The molecule has 1 fully saturated rings. The summed E-state index contributed by atoms with van der Waals surface area (Å²) in [5.74, 6) is 1.35. The third kappa shape index (κ3) is 4.67. The first-order chi connectivity index (χ1) is 14.8. The summed E-state index contributed by atoms with van der Waals surface area (Å²) in [7, 11) is 3.50. The van der Waals surface area contributed by atoms with E-state index >= 15 is 0 Å². The molecule has 1 aromatic heterocycles. The highest BCUT2D eigenvalue weighted by atomic mass is 16.5. The van der Waals surface area contributed by atoms with E-state index in [1.54, 1.807) is 12.0 Å². The number of hydrogen-bond acceptors (Lipinski definition) is 5. The topological polar surface area (TPSA) is 80.8 Å². The van der Waals surface area contributed by atoms with Crippen LogP contribution < -0.4 is 16.0 Å². The Labute approximate surface area is 183 Å². The van der Waals surface area contributed by atoms with Crippen molar-refractivity contribution in [2.75, 3.05) is 33.8 Å². The maximum Gasteiger partial charge on any atom is 0.255 e. The van der Waals surface area contributed by atoms with E-state index in [9.17, 15) is 9.59 Å². The lowest BCUT2D eigenvalue weighted by molar-refractivity contribution is -0.118. The molecule has 0 spiro atoms. The van der Waals surface area contributed by atoms with Gasteiger partial charge in [-0.1, -0.05) is 12.1 Å². The lowest BCUT2D eigenvalue weighted by Crippen LogP contribution is -2.47. The minimum atomic E-state index is -0.387. The van der Waals surface area contributed by atoms with Gasteiger partial charge in [-0.25, -0.2) is 0 Å². The van der Waals surface area contributed by atoms with Gasteiger partial charge in [-0.15, -0.1) is 0 Å². The van der Waals surface area contributed by atoms with Gasteiger partial charge in [0.2, 0.25) is 5.91 Å². The number of nitrogens with two attached hydrogens (primary N) is 1. The van der Waals surface area contributed by atoms with Crippen LogP contribution >= 0.6 is 0 Å². The molecule has 2 N–H and O–H groups in total. The maximum absolute atomic E-state index is 13.1. The normalized spacial score (nSPS) is 20.5. The summed E-state index contributed by atoms with van der Waals surface area (Å²) in [6, 6.07) is 10.3. The minimum absolute atomic E-state index is 0.0722. The molecule has 2 aromatic rings. The summed E-state index contributed by atoms with van der Waals surface area (Å²) in [4.78, 5) is 28.6. The Kier molecular flexibility index (Phi) is 6.16. The van der Waals surface area contributed by atoms with E-state index in [4.69, 9.17) is 10.5 Å². The highest BCUT2D eigenvalue weighted by Crippen LogP contribution is 2.36. The van der Waals surface area contributed by atoms with E-state index in [1.165, 1.54) is 11.1 Å². The molecule has 1 aromatic carbocycles. The molecule has 0 radical (unpaired) electrons. The second-order valence-corrected chi connectivity index (χ2v) is 9.12. The molecule has 2 atom stereocenters. The maximum atomic E-state index is 13.1. The predicted octanol–water partition coefficient (Wildman–Crippen LogP) is 1.70. The first-order valence-corrected chi connectivity index (χ1v) is 10.9. The van der Waals surface area contributed by atoms with Crippen LogP contribution in [0.25, 0.3) is 0 Å². The minimum Gasteiger partial charge on any atom is -0.497 e. The summed E-state index contributed by atoms with van der Waals surface area (Å²) < 4.78 is 7.31. The molecule has 7 heteroatoms. The Morgan fingerprint density at radius 2 is 1.97 bits per heavy atom. The van der Waals surface area contributed by atoms with Crippen LogP contribution in [-0.4, -0.2) is 54.1 Å². The molecule has 4 rings (SSSR count). The largest absolute Gasteiger partial charge is 0.497 e. The summed E-state index contributed by atoms with van der Waals surface area (Å²) in [6.07, 6.45) is 1.14. The van der Waals surface area contributed by atoms with Crippen LogP contribution in [0.2, 0.25) is 0 Å². The summed E-state index contributed by atoms with van der Waals surface area (Å²) >= 11 is 0. The van der Waals surface area contributed by atoms with Gasteiger partial charge in [-0.2, -0.15) is 0 Å². The number of carbonyl (C=O) groups excluding carboxylic acids is 1. The number of fused-ring (bicyclic) bond motifs is 4. The van der Waals surface area contributed by atoms with Crippen molar-refractivity contribution in [3.8, 4) is 5.75 Å². The number of likely N-dealkylation sites (N-methyl/N-ethyl adjacent to an activating group) is 1. The summed E-state index contributed by atoms with van der Waals surface area (Å²) in [5.41, 5.74) is 9.78. The van der Waals surface area contributed by atoms with Gasteiger partial charge in [-0.3, -0.25) is 19.4 Å². The molecule has 2 bridgehead atoms. The summed E-state index contributed by atoms with van der Waals surface area (Å²) in [5, 5.41) is 0. The van der Waals surface area contributed by atoms with Crippen molar-refractivity contribution in [2.24, 2.45) is 11.7 Å². The fourth-order valence-corrected chi connectivity index (χ4v) is 5.17. The van der Waals surface area contributed by atoms with E-state index in [0.29, 0.717) is 18.4 Å². The van der Waals surface area contributed by atoms with Gasteiger partial charge in [0.25, 0.3) is 5.56 Å². The molecule has 1 saturated heterocycles. The zero-order chi connectivity index (χ0) is 22.1. The SMILES string of the molecule is COc1ccc(CN2C[C@@H]3C[C@H](C2)c2ccc(CN(C)CC(N)=O)c(=O)n2C3)c(C)c1. The number of amides is 1. The van der Waals surface area contributed by atoms with Crippen LogP contribution in [0, 0.1) is 12.8 Å².